The Morgan fingerprint density at radius 1 is 1.21 bits per heavy atom. The van der Waals surface area contributed by atoms with Crippen LogP contribution in [0.1, 0.15) is 37.8 Å². The maximum absolute atomic E-state index is 12.2. The standard InChI is InChI=1S/C17H25N3O4/c1-18-12(9-15(21)19(2)17(18)23)10-20-13-7-5-4-6-11(13)8-14(20)16(22)24-3/h9,11,13-14H,4-8,10H2,1-3H3/t11-,13-,14+/m1/s1. The zero-order valence-corrected chi connectivity index (χ0v) is 14.5. The molecule has 3 rings (SSSR count). The monoisotopic (exact) mass is 335 g/mol. The van der Waals surface area contributed by atoms with Gasteiger partial charge < -0.3 is 4.74 Å². The van der Waals surface area contributed by atoms with Crippen LogP contribution >= 0.6 is 0 Å². The first-order valence-electron chi connectivity index (χ1n) is 8.53. The predicted molar refractivity (Wildman–Crippen MR) is 88.6 cm³/mol. The van der Waals surface area contributed by atoms with Crippen LogP contribution in [0, 0.1) is 5.92 Å². The van der Waals surface area contributed by atoms with E-state index in [0.29, 0.717) is 24.2 Å². The van der Waals surface area contributed by atoms with Crippen LogP contribution in [0.3, 0.4) is 0 Å². The molecule has 24 heavy (non-hydrogen) atoms. The molecule has 0 radical (unpaired) electrons. The average Bonchev–Trinajstić information content (AvgIpc) is 2.95. The summed E-state index contributed by atoms with van der Waals surface area (Å²) in [5.41, 5.74) is -0.0168. The van der Waals surface area contributed by atoms with Gasteiger partial charge in [-0.3, -0.25) is 23.6 Å². The molecule has 0 unspecified atom stereocenters. The molecular weight excluding hydrogens is 310 g/mol. The van der Waals surface area contributed by atoms with E-state index in [2.05, 4.69) is 4.90 Å². The fraction of sp³-hybridized carbons (Fsp3) is 0.706. The molecule has 132 valence electrons. The molecule has 3 atom stereocenters. The topological polar surface area (TPSA) is 73.5 Å². The molecule has 0 spiro atoms. The Kier molecular flexibility index (Phi) is 4.62. The number of rotatable bonds is 3. The van der Waals surface area contributed by atoms with Crippen LogP contribution in [0.15, 0.2) is 15.7 Å². The number of likely N-dealkylation sites (tertiary alicyclic amines) is 1. The van der Waals surface area contributed by atoms with Gasteiger partial charge in [-0.1, -0.05) is 12.8 Å². The first kappa shape index (κ1) is 17.0. The van der Waals surface area contributed by atoms with Crippen LogP contribution in [0.4, 0.5) is 0 Å². The summed E-state index contributed by atoms with van der Waals surface area (Å²) in [7, 11) is 4.55. The Morgan fingerprint density at radius 3 is 2.62 bits per heavy atom. The number of hydrogen-bond acceptors (Lipinski definition) is 5. The lowest BCUT2D eigenvalue weighted by atomic mass is 9.85. The van der Waals surface area contributed by atoms with E-state index in [1.807, 2.05) is 0 Å². The van der Waals surface area contributed by atoms with Crippen molar-refractivity contribution in [1.29, 1.82) is 0 Å². The molecule has 1 saturated carbocycles. The van der Waals surface area contributed by atoms with Gasteiger partial charge in [0.1, 0.15) is 6.04 Å². The molecular formula is C17H25N3O4. The van der Waals surface area contributed by atoms with Crippen molar-refractivity contribution in [3.63, 3.8) is 0 Å². The summed E-state index contributed by atoms with van der Waals surface area (Å²) in [5.74, 6) is 0.268. The summed E-state index contributed by atoms with van der Waals surface area (Å²) in [6.45, 7) is 0.419. The molecule has 0 bridgehead atoms. The van der Waals surface area contributed by atoms with Gasteiger partial charge in [-0.15, -0.1) is 0 Å². The van der Waals surface area contributed by atoms with Gasteiger partial charge in [0.05, 0.1) is 7.11 Å². The Hall–Kier alpha value is -1.89. The fourth-order valence-corrected chi connectivity index (χ4v) is 4.27. The van der Waals surface area contributed by atoms with Crippen LogP contribution in [-0.2, 0) is 30.2 Å². The first-order valence-corrected chi connectivity index (χ1v) is 8.53. The highest BCUT2D eigenvalue weighted by Gasteiger charge is 2.45. The average molecular weight is 335 g/mol. The van der Waals surface area contributed by atoms with Crippen molar-refractivity contribution in [3.05, 3.63) is 32.6 Å². The first-order chi connectivity index (χ1) is 11.4. The Labute approximate surface area is 140 Å². The maximum atomic E-state index is 12.2. The quantitative estimate of drug-likeness (QED) is 0.747. The van der Waals surface area contributed by atoms with Crippen molar-refractivity contribution in [3.8, 4) is 0 Å². The minimum absolute atomic E-state index is 0.224. The van der Waals surface area contributed by atoms with E-state index in [4.69, 9.17) is 4.74 Å². The molecule has 0 aromatic carbocycles. The second-order valence-corrected chi connectivity index (χ2v) is 6.93. The molecule has 1 saturated heterocycles. The summed E-state index contributed by atoms with van der Waals surface area (Å²) in [5, 5.41) is 0. The van der Waals surface area contributed by atoms with Crippen LogP contribution in [0.25, 0.3) is 0 Å². The Morgan fingerprint density at radius 2 is 1.92 bits per heavy atom. The predicted octanol–water partition coefficient (Wildman–Crippen LogP) is 0.390. The van der Waals surface area contributed by atoms with Crippen molar-refractivity contribution in [1.82, 2.24) is 14.0 Å². The Bertz CT molecular complexity index is 751. The van der Waals surface area contributed by atoms with Crippen LogP contribution in [0.2, 0.25) is 0 Å². The second-order valence-electron chi connectivity index (χ2n) is 6.93. The minimum atomic E-state index is -0.341. The molecule has 1 aromatic heterocycles. The molecule has 2 heterocycles. The van der Waals surface area contributed by atoms with Gasteiger partial charge in [0, 0.05) is 38.4 Å². The number of methoxy groups -OCH3 is 1. The van der Waals surface area contributed by atoms with Gasteiger partial charge in [0.25, 0.3) is 5.56 Å². The number of nitrogens with zero attached hydrogens (tertiary/aromatic N) is 3. The van der Waals surface area contributed by atoms with Crippen molar-refractivity contribution >= 4 is 5.97 Å². The maximum Gasteiger partial charge on any atom is 0.330 e. The highest BCUT2D eigenvalue weighted by Crippen LogP contribution is 2.40. The molecule has 7 nitrogen and oxygen atoms in total. The van der Waals surface area contributed by atoms with E-state index in [9.17, 15) is 14.4 Å². The van der Waals surface area contributed by atoms with Gasteiger partial charge in [0.2, 0.25) is 0 Å². The third-order valence-electron chi connectivity index (χ3n) is 5.66. The van der Waals surface area contributed by atoms with E-state index in [0.717, 1.165) is 30.3 Å². The third kappa shape index (κ3) is 2.81. The molecule has 2 fully saturated rings. The van der Waals surface area contributed by atoms with Gasteiger partial charge in [-0.05, 0) is 25.2 Å². The molecule has 1 aliphatic carbocycles. The normalized spacial score (nSPS) is 27.0. The Balaban J connectivity index is 1.95. The SMILES string of the molecule is COC(=O)[C@@H]1C[C@H]2CCCC[C@H]2N1Cc1cc(=O)n(C)c(=O)n1C. The number of esters is 1. The number of fused-ring (bicyclic) bond motifs is 1. The number of aromatic nitrogens is 2. The fourth-order valence-electron chi connectivity index (χ4n) is 4.27. The molecule has 2 aliphatic rings. The van der Waals surface area contributed by atoms with E-state index in [-0.39, 0.29) is 23.3 Å². The van der Waals surface area contributed by atoms with Gasteiger partial charge in [-0.2, -0.15) is 0 Å². The molecule has 1 aromatic rings. The van der Waals surface area contributed by atoms with Crippen molar-refractivity contribution in [2.45, 2.75) is 50.7 Å². The lowest BCUT2D eigenvalue weighted by Gasteiger charge is -2.33. The summed E-state index contributed by atoms with van der Waals surface area (Å²) in [6, 6.07) is 1.52. The van der Waals surface area contributed by atoms with E-state index < -0.39 is 0 Å². The molecule has 1 aliphatic heterocycles. The number of carbonyl (C=O) groups excluding carboxylic acids is 1. The van der Waals surface area contributed by atoms with Crippen LogP contribution in [0.5, 0.6) is 0 Å². The van der Waals surface area contributed by atoms with Gasteiger partial charge in [0.15, 0.2) is 0 Å². The number of carbonyl (C=O) groups is 1. The van der Waals surface area contributed by atoms with E-state index in [1.54, 1.807) is 7.05 Å². The van der Waals surface area contributed by atoms with Crippen LogP contribution in [-0.4, -0.2) is 39.2 Å². The lowest BCUT2D eigenvalue weighted by molar-refractivity contribution is -0.146. The minimum Gasteiger partial charge on any atom is -0.468 e. The summed E-state index contributed by atoms with van der Waals surface area (Å²) < 4.78 is 7.57. The second kappa shape index (κ2) is 6.55. The van der Waals surface area contributed by atoms with Gasteiger partial charge in [-0.25, -0.2) is 4.79 Å². The van der Waals surface area contributed by atoms with Crippen molar-refractivity contribution < 1.29 is 9.53 Å². The number of hydrogen-bond donors (Lipinski definition) is 0. The van der Waals surface area contributed by atoms with Gasteiger partial charge >= 0.3 is 11.7 Å². The lowest BCUT2D eigenvalue weighted by Crippen LogP contribution is -2.45. The molecule has 7 heteroatoms. The summed E-state index contributed by atoms with van der Waals surface area (Å²) in [6.07, 6.45) is 5.34. The molecule has 0 N–H and O–H groups in total. The summed E-state index contributed by atoms with van der Waals surface area (Å²) in [4.78, 5) is 38.5. The van der Waals surface area contributed by atoms with Crippen LogP contribution < -0.4 is 11.2 Å². The van der Waals surface area contributed by atoms with Crippen molar-refractivity contribution in [2.24, 2.45) is 20.0 Å². The van der Waals surface area contributed by atoms with E-state index >= 15 is 0 Å². The highest BCUT2D eigenvalue weighted by atomic mass is 16.5. The summed E-state index contributed by atoms with van der Waals surface area (Å²) >= 11 is 0. The zero-order chi connectivity index (χ0) is 17.4. The number of ether oxygens (including phenoxy) is 1. The smallest absolute Gasteiger partial charge is 0.330 e. The van der Waals surface area contributed by atoms with Crippen molar-refractivity contribution in [2.75, 3.05) is 7.11 Å². The van der Waals surface area contributed by atoms with E-state index in [1.165, 1.54) is 31.2 Å². The highest BCUT2D eigenvalue weighted by molar-refractivity contribution is 5.76. The zero-order valence-electron chi connectivity index (χ0n) is 14.5. The largest absolute Gasteiger partial charge is 0.468 e. The third-order valence-corrected chi connectivity index (χ3v) is 5.66. The molecule has 0 amide bonds.